The Balaban J connectivity index is 2.08. The Kier molecular flexibility index (Phi) is 1.14. The number of thioether (sulfide) groups is 1. The summed E-state index contributed by atoms with van der Waals surface area (Å²) in [6.07, 6.45) is 0. The molecular weight excluding hydrogens is 86.1 g/mol. The van der Waals surface area contributed by atoms with Gasteiger partial charge in [0.1, 0.15) is 5.94 Å². The zero-order chi connectivity index (χ0) is 3.54. The minimum absolute atomic E-state index is 0.806. The lowest BCUT2D eigenvalue weighted by Gasteiger charge is -1.78. The predicted molar refractivity (Wildman–Crippen MR) is 21.5 cm³/mol. The van der Waals surface area contributed by atoms with Crippen LogP contribution in [0.4, 0.5) is 0 Å². The second-order valence-electron chi connectivity index (χ2n) is 0.755. The van der Waals surface area contributed by atoms with Crippen molar-refractivity contribution in [1.82, 2.24) is 5.48 Å². The van der Waals surface area contributed by atoms with Crippen molar-refractivity contribution in [3.05, 3.63) is 0 Å². The lowest BCUT2D eigenvalue weighted by atomic mass is 11.5. The molecule has 0 radical (unpaired) electrons. The average molecular weight is 91.1 g/mol. The Morgan fingerprint density at radius 1 is 1.80 bits per heavy atom. The first-order valence-corrected chi connectivity index (χ1v) is 2.58. The van der Waals surface area contributed by atoms with Gasteiger partial charge in [-0.05, 0) is 0 Å². The van der Waals surface area contributed by atoms with E-state index in [1.54, 1.807) is 11.8 Å². The van der Waals surface area contributed by atoms with Crippen LogP contribution in [0.15, 0.2) is 0 Å². The molecule has 1 N–H and O–H groups in total. The molecule has 0 aromatic rings. The Hall–Kier alpha value is 0.270. The summed E-state index contributed by atoms with van der Waals surface area (Å²) in [5.74, 6) is 1.75. The molecule has 1 heterocycles. The molecule has 0 aliphatic carbocycles. The second kappa shape index (κ2) is 1.64. The van der Waals surface area contributed by atoms with E-state index < -0.39 is 0 Å². The van der Waals surface area contributed by atoms with Gasteiger partial charge in [0, 0.05) is 0 Å². The van der Waals surface area contributed by atoms with E-state index >= 15 is 0 Å². The van der Waals surface area contributed by atoms with Gasteiger partial charge in [0.05, 0.1) is 5.88 Å². The summed E-state index contributed by atoms with van der Waals surface area (Å²) in [4.78, 5) is 4.66. The molecule has 0 spiro atoms. The van der Waals surface area contributed by atoms with Crippen molar-refractivity contribution < 1.29 is 4.84 Å². The van der Waals surface area contributed by atoms with E-state index in [1.807, 2.05) is 0 Å². The van der Waals surface area contributed by atoms with Crippen LogP contribution in [0.25, 0.3) is 0 Å². The third-order valence-electron chi connectivity index (χ3n) is 0.405. The molecular formula is C2H5NOS. The van der Waals surface area contributed by atoms with Crippen molar-refractivity contribution in [3.8, 4) is 0 Å². The fourth-order valence-corrected chi connectivity index (χ4v) is 0.625. The Morgan fingerprint density at radius 2 is 2.80 bits per heavy atom. The summed E-state index contributed by atoms with van der Waals surface area (Å²) in [7, 11) is 0. The van der Waals surface area contributed by atoms with E-state index in [0.717, 1.165) is 11.8 Å². The van der Waals surface area contributed by atoms with Crippen LogP contribution < -0.4 is 5.48 Å². The Labute approximate surface area is 34.8 Å². The highest BCUT2D eigenvalue weighted by molar-refractivity contribution is 7.99. The van der Waals surface area contributed by atoms with Gasteiger partial charge in [0.25, 0.3) is 0 Å². The van der Waals surface area contributed by atoms with Crippen molar-refractivity contribution in [2.45, 2.75) is 0 Å². The summed E-state index contributed by atoms with van der Waals surface area (Å²) in [5, 5.41) is 0. The molecule has 2 nitrogen and oxygen atoms in total. The first-order chi connectivity index (χ1) is 2.50. The van der Waals surface area contributed by atoms with Gasteiger partial charge in [-0.2, -0.15) is 5.48 Å². The number of nitrogens with one attached hydrogen (secondary N) is 1. The van der Waals surface area contributed by atoms with E-state index in [0.29, 0.717) is 0 Å². The smallest absolute Gasteiger partial charge is 0.115 e. The fourth-order valence-electron chi connectivity index (χ4n) is 0.208. The van der Waals surface area contributed by atoms with Crippen molar-refractivity contribution >= 4 is 11.8 Å². The van der Waals surface area contributed by atoms with Crippen molar-refractivity contribution in [3.63, 3.8) is 0 Å². The van der Waals surface area contributed by atoms with Crippen LogP contribution in [0.3, 0.4) is 0 Å². The molecule has 0 amide bonds. The molecule has 1 fully saturated rings. The zero-order valence-corrected chi connectivity index (χ0v) is 3.55. The highest BCUT2D eigenvalue weighted by atomic mass is 32.2. The fraction of sp³-hybridized carbons (Fsp3) is 1.00. The molecule has 0 unspecified atom stereocenters. The standard InChI is InChI=1S/C2H5NOS/c1-3-4-2-5-1/h3H,1-2H2. The predicted octanol–water partition coefficient (Wildman–Crippen LogP) is 0.169. The van der Waals surface area contributed by atoms with Gasteiger partial charge in [0.2, 0.25) is 0 Å². The largest absolute Gasteiger partial charge is 0.290 e. The van der Waals surface area contributed by atoms with Crippen LogP contribution in [0.5, 0.6) is 0 Å². The van der Waals surface area contributed by atoms with Crippen LogP contribution in [-0.4, -0.2) is 11.8 Å². The van der Waals surface area contributed by atoms with Gasteiger partial charge >= 0.3 is 0 Å². The van der Waals surface area contributed by atoms with E-state index in [1.165, 1.54) is 0 Å². The van der Waals surface area contributed by atoms with E-state index in [2.05, 4.69) is 10.3 Å². The van der Waals surface area contributed by atoms with Gasteiger partial charge in [-0.3, -0.25) is 4.84 Å². The van der Waals surface area contributed by atoms with Crippen molar-refractivity contribution in [1.29, 1.82) is 0 Å². The van der Waals surface area contributed by atoms with Gasteiger partial charge in [-0.15, -0.1) is 11.8 Å². The number of hydroxylamine groups is 1. The maximum absolute atomic E-state index is 4.66. The summed E-state index contributed by atoms with van der Waals surface area (Å²) >= 11 is 1.74. The van der Waals surface area contributed by atoms with Crippen molar-refractivity contribution in [2.75, 3.05) is 11.8 Å². The van der Waals surface area contributed by atoms with Gasteiger partial charge < -0.3 is 0 Å². The summed E-state index contributed by atoms with van der Waals surface area (Å²) in [6, 6.07) is 0. The highest BCUT2D eigenvalue weighted by Gasteiger charge is 1.93. The van der Waals surface area contributed by atoms with Crippen LogP contribution >= 0.6 is 11.8 Å². The maximum atomic E-state index is 4.66. The summed E-state index contributed by atoms with van der Waals surface area (Å²) < 4.78 is 0. The molecule has 5 heavy (non-hydrogen) atoms. The molecule has 3 heteroatoms. The quantitative estimate of drug-likeness (QED) is 0.459. The maximum Gasteiger partial charge on any atom is 0.115 e. The minimum Gasteiger partial charge on any atom is -0.290 e. The van der Waals surface area contributed by atoms with Crippen molar-refractivity contribution in [2.24, 2.45) is 0 Å². The molecule has 1 saturated heterocycles. The molecule has 1 aliphatic heterocycles. The molecule has 0 bridgehead atoms. The Morgan fingerprint density at radius 3 is 3.00 bits per heavy atom. The lowest BCUT2D eigenvalue weighted by molar-refractivity contribution is 0.110. The van der Waals surface area contributed by atoms with E-state index in [-0.39, 0.29) is 0 Å². The summed E-state index contributed by atoms with van der Waals surface area (Å²) in [6.45, 7) is 0. The number of hydrogen-bond donors (Lipinski definition) is 1. The molecule has 0 atom stereocenters. The van der Waals surface area contributed by atoms with Crippen LogP contribution in [0.1, 0.15) is 0 Å². The third-order valence-corrected chi connectivity index (χ3v) is 1.01. The minimum atomic E-state index is 0.806. The molecule has 0 aromatic heterocycles. The second-order valence-corrected chi connectivity index (χ2v) is 1.69. The molecule has 30 valence electrons. The van der Waals surface area contributed by atoms with E-state index in [9.17, 15) is 0 Å². The molecule has 0 saturated carbocycles. The first kappa shape index (κ1) is 3.46. The normalized spacial score (nSPS) is 24.0. The average Bonchev–Trinajstić information content (AvgIpc) is 1.76. The van der Waals surface area contributed by atoms with E-state index in [4.69, 9.17) is 0 Å². The monoisotopic (exact) mass is 91.0 g/mol. The van der Waals surface area contributed by atoms with Gasteiger partial charge in [0.15, 0.2) is 0 Å². The van der Waals surface area contributed by atoms with Crippen LogP contribution in [0.2, 0.25) is 0 Å². The topological polar surface area (TPSA) is 21.3 Å². The summed E-state index contributed by atoms with van der Waals surface area (Å²) in [5.41, 5.74) is 2.69. The molecule has 1 rings (SSSR count). The number of hydrogen-bond acceptors (Lipinski definition) is 3. The van der Waals surface area contributed by atoms with Gasteiger partial charge in [-0.1, -0.05) is 0 Å². The van der Waals surface area contributed by atoms with Gasteiger partial charge in [-0.25, -0.2) is 0 Å². The van der Waals surface area contributed by atoms with Crippen LogP contribution in [-0.2, 0) is 4.84 Å². The van der Waals surface area contributed by atoms with Crippen LogP contribution in [0, 0.1) is 0 Å². The third kappa shape index (κ3) is 0.792. The zero-order valence-electron chi connectivity index (χ0n) is 2.73. The highest BCUT2D eigenvalue weighted by Crippen LogP contribution is 2.01. The molecule has 1 aliphatic rings. The number of rotatable bonds is 0. The Bertz CT molecular complexity index is 21.2. The lowest BCUT2D eigenvalue weighted by Crippen LogP contribution is -2.01. The molecule has 0 aromatic carbocycles. The SMILES string of the molecule is C1NOCS1. The first-order valence-electron chi connectivity index (χ1n) is 1.42.